The molecule has 0 aliphatic heterocycles. The van der Waals surface area contributed by atoms with Gasteiger partial charge in [-0.25, -0.2) is 9.37 Å². The van der Waals surface area contributed by atoms with Crippen molar-refractivity contribution < 1.29 is 13.9 Å². The minimum Gasteiger partial charge on any atom is -0.495 e. The summed E-state index contributed by atoms with van der Waals surface area (Å²) < 4.78 is 18.1. The van der Waals surface area contributed by atoms with Crippen LogP contribution in [0.3, 0.4) is 0 Å². The van der Waals surface area contributed by atoms with Crippen LogP contribution in [0.25, 0.3) is 0 Å². The third-order valence-corrected chi connectivity index (χ3v) is 3.76. The smallest absolute Gasteiger partial charge is 0.274 e. The quantitative estimate of drug-likeness (QED) is 0.702. The van der Waals surface area contributed by atoms with Gasteiger partial charge in [-0.3, -0.25) is 4.79 Å². The SMILES string of the molecule is COc1ccccc1NC(=O)c1ccc(NCc2ccc(F)cc2)cn1. The minimum atomic E-state index is -0.320. The number of benzene rings is 2. The molecule has 0 spiro atoms. The van der Waals surface area contributed by atoms with Gasteiger partial charge >= 0.3 is 0 Å². The highest BCUT2D eigenvalue weighted by molar-refractivity contribution is 6.03. The molecule has 0 aliphatic carbocycles. The van der Waals surface area contributed by atoms with E-state index in [1.54, 1.807) is 49.7 Å². The van der Waals surface area contributed by atoms with Crippen LogP contribution in [0.2, 0.25) is 0 Å². The third-order valence-electron chi connectivity index (χ3n) is 3.76. The molecule has 0 fully saturated rings. The molecule has 1 aromatic heterocycles. The molecule has 132 valence electrons. The van der Waals surface area contributed by atoms with Crippen molar-refractivity contribution in [3.05, 3.63) is 83.9 Å². The zero-order valence-corrected chi connectivity index (χ0v) is 14.2. The Morgan fingerprint density at radius 3 is 2.54 bits per heavy atom. The summed E-state index contributed by atoms with van der Waals surface area (Å²) in [5.74, 6) is -0.00107. The van der Waals surface area contributed by atoms with Crippen molar-refractivity contribution in [3.8, 4) is 5.75 Å². The Morgan fingerprint density at radius 2 is 1.85 bits per heavy atom. The van der Waals surface area contributed by atoms with Gasteiger partial charge in [0.25, 0.3) is 5.91 Å². The Labute approximate surface area is 150 Å². The summed E-state index contributed by atoms with van der Waals surface area (Å²) in [7, 11) is 1.55. The number of pyridine rings is 1. The van der Waals surface area contributed by atoms with Gasteiger partial charge in [0.15, 0.2) is 0 Å². The first-order valence-corrected chi connectivity index (χ1v) is 8.04. The van der Waals surface area contributed by atoms with E-state index < -0.39 is 0 Å². The first-order valence-electron chi connectivity index (χ1n) is 8.04. The van der Waals surface area contributed by atoms with E-state index in [9.17, 15) is 9.18 Å². The van der Waals surface area contributed by atoms with Gasteiger partial charge in [0, 0.05) is 6.54 Å². The highest BCUT2D eigenvalue weighted by Crippen LogP contribution is 2.23. The lowest BCUT2D eigenvalue weighted by Crippen LogP contribution is -2.14. The summed E-state index contributed by atoms with van der Waals surface area (Å²) in [4.78, 5) is 16.5. The molecule has 1 amide bonds. The fraction of sp³-hybridized carbons (Fsp3) is 0.100. The summed E-state index contributed by atoms with van der Waals surface area (Å²) in [6.45, 7) is 0.536. The molecule has 3 rings (SSSR count). The van der Waals surface area contributed by atoms with E-state index in [-0.39, 0.29) is 11.7 Å². The molecule has 1 heterocycles. The fourth-order valence-electron chi connectivity index (χ4n) is 2.37. The fourth-order valence-corrected chi connectivity index (χ4v) is 2.37. The number of hydrogen-bond donors (Lipinski definition) is 2. The molecule has 5 nitrogen and oxygen atoms in total. The molecule has 3 aromatic rings. The first-order chi connectivity index (χ1) is 12.7. The van der Waals surface area contributed by atoms with Crippen molar-refractivity contribution in [3.63, 3.8) is 0 Å². The van der Waals surface area contributed by atoms with E-state index in [1.807, 2.05) is 12.1 Å². The highest BCUT2D eigenvalue weighted by Gasteiger charge is 2.10. The van der Waals surface area contributed by atoms with Crippen LogP contribution in [0.4, 0.5) is 15.8 Å². The Kier molecular flexibility index (Phi) is 5.43. The number of amides is 1. The molecule has 0 aliphatic rings. The Hall–Kier alpha value is -3.41. The van der Waals surface area contributed by atoms with E-state index in [0.717, 1.165) is 11.3 Å². The Balaban J connectivity index is 1.61. The maximum absolute atomic E-state index is 12.9. The number of nitrogens with one attached hydrogen (secondary N) is 2. The average molecular weight is 351 g/mol. The second-order valence-corrected chi connectivity index (χ2v) is 5.57. The third kappa shape index (κ3) is 4.36. The lowest BCUT2D eigenvalue weighted by atomic mass is 10.2. The number of anilines is 2. The number of halogens is 1. The van der Waals surface area contributed by atoms with Gasteiger partial charge in [0.1, 0.15) is 17.3 Å². The van der Waals surface area contributed by atoms with Gasteiger partial charge in [-0.2, -0.15) is 0 Å². The standard InChI is InChI=1S/C20H18FN3O2/c1-26-19-5-3-2-4-17(19)24-20(25)18-11-10-16(13-23-18)22-12-14-6-8-15(21)9-7-14/h2-11,13,22H,12H2,1H3,(H,24,25). The zero-order valence-electron chi connectivity index (χ0n) is 14.2. The number of carbonyl (C=O) groups is 1. The van der Waals surface area contributed by atoms with Crippen LogP contribution in [-0.4, -0.2) is 18.0 Å². The zero-order chi connectivity index (χ0) is 18.4. The van der Waals surface area contributed by atoms with E-state index in [1.165, 1.54) is 12.1 Å². The van der Waals surface area contributed by atoms with Crippen molar-refractivity contribution in [2.75, 3.05) is 17.7 Å². The molecule has 0 radical (unpaired) electrons. The van der Waals surface area contributed by atoms with Crippen LogP contribution >= 0.6 is 0 Å². The summed E-state index contributed by atoms with van der Waals surface area (Å²) in [5, 5.41) is 5.96. The predicted molar refractivity (Wildman–Crippen MR) is 98.9 cm³/mol. The van der Waals surface area contributed by atoms with E-state index in [4.69, 9.17) is 4.74 Å². The molecule has 6 heteroatoms. The van der Waals surface area contributed by atoms with Crippen molar-refractivity contribution >= 4 is 17.3 Å². The van der Waals surface area contributed by atoms with Crippen LogP contribution in [0.15, 0.2) is 66.9 Å². The topological polar surface area (TPSA) is 63.2 Å². The lowest BCUT2D eigenvalue weighted by Gasteiger charge is -2.10. The number of methoxy groups -OCH3 is 1. The summed E-state index contributed by atoms with van der Waals surface area (Å²) in [5.41, 5.74) is 2.59. The second-order valence-electron chi connectivity index (χ2n) is 5.57. The minimum absolute atomic E-state index is 0.263. The number of rotatable bonds is 6. The van der Waals surface area contributed by atoms with Crippen LogP contribution < -0.4 is 15.4 Å². The van der Waals surface area contributed by atoms with Gasteiger partial charge < -0.3 is 15.4 Å². The molecule has 0 bridgehead atoms. The van der Waals surface area contributed by atoms with Crippen molar-refractivity contribution in [2.24, 2.45) is 0 Å². The van der Waals surface area contributed by atoms with E-state index >= 15 is 0 Å². The molecule has 0 unspecified atom stereocenters. The molecular weight excluding hydrogens is 333 g/mol. The number of nitrogens with zero attached hydrogens (tertiary/aromatic N) is 1. The summed E-state index contributed by atoms with van der Waals surface area (Å²) in [6.07, 6.45) is 1.58. The van der Waals surface area contributed by atoms with Crippen molar-refractivity contribution in [1.29, 1.82) is 0 Å². The monoisotopic (exact) mass is 351 g/mol. The van der Waals surface area contributed by atoms with Crippen molar-refractivity contribution in [2.45, 2.75) is 6.54 Å². The molecule has 2 aromatic carbocycles. The lowest BCUT2D eigenvalue weighted by molar-refractivity contribution is 0.102. The maximum Gasteiger partial charge on any atom is 0.274 e. The molecule has 0 atom stereocenters. The summed E-state index contributed by atoms with van der Waals surface area (Å²) in [6, 6.07) is 16.8. The Morgan fingerprint density at radius 1 is 1.08 bits per heavy atom. The molecule has 26 heavy (non-hydrogen) atoms. The molecule has 2 N–H and O–H groups in total. The molecule has 0 saturated heterocycles. The van der Waals surface area contributed by atoms with E-state index in [2.05, 4.69) is 15.6 Å². The number of para-hydroxylation sites is 2. The normalized spacial score (nSPS) is 10.2. The van der Waals surface area contributed by atoms with E-state index in [0.29, 0.717) is 23.7 Å². The number of aromatic nitrogens is 1. The number of carbonyl (C=O) groups excluding carboxylic acids is 1. The number of hydrogen-bond acceptors (Lipinski definition) is 4. The average Bonchev–Trinajstić information content (AvgIpc) is 2.68. The predicted octanol–water partition coefficient (Wildman–Crippen LogP) is 4.09. The number of ether oxygens (including phenoxy) is 1. The maximum atomic E-state index is 12.9. The molecular formula is C20H18FN3O2. The van der Waals surface area contributed by atoms with Gasteiger partial charge in [-0.1, -0.05) is 24.3 Å². The molecule has 0 saturated carbocycles. The summed E-state index contributed by atoms with van der Waals surface area (Å²) >= 11 is 0. The highest BCUT2D eigenvalue weighted by atomic mass is 19.1. The van der Waals surface area contributed by atoms with Crippen LogP contribution in [0.5, 0.6) is 5.75 Å². The van der Waals surface area contributed by atoms with Gasteiger partial charge in [-0.05, 0) is 42.0 Å². The van der Waals surface area contributed by atoms with Gasteiger partial charge in [0.05, 0.1) is 24.7 Å². The van der Waals surface area contributed by atoms with Gasteiger partial charge in [0.2, 0.25) is 0 Å². The van der Waals surface area contributed by atoms with Crippen LogP contribution in [0, 0.1) is 5.82 Å². The van der Waals surface area contributed by atoms with Crippen LogP contribution in [-0.2, 0) is 6.54 Å². The first kappa shape index (κ1) is 17.4. The Bertz CT molecular complexity index is 880. The largest absolute Gasteiger partial charge is 0.495 e. The van der Waals surface area contributed by atoms with Crippen LogP contribution in [0.1, 0.15) is 16.1 Å². The van der Waals surface area contributed by atoms with Gasteiger partial charge in [-0.15, -0.1) is 0 Å². The second kappa shape index (κ2) is 8.11. The van der Waals surface area contributed by atoms with Crippen molar-refractivity contribution in [1.82, 2.24) is 4.98 Å².